The first-order valence-electron chi connectivity index (χ1n) is 7.47. The molecule has 0 aromatic heterocycles. The number of nitrogens with zero attached hydrogens (tertiary/aromatic N) is 2. The van der Waals surface area contributed by atoms with Crippen LogP contribution in [0, 0.1) is 11.3 Å². The number of likely N-dealkylation sites (tertiary alicyclic amines) is 1. The van der Waals surface area contributed by atoms with Crippen LogP contribution in [0.25, 0.3) is 0 Å². The van der Waals surface area contributed by atoms with Crippen LogP contribution in [-0.4, -0.2) is 29.7 Å². The molecule has 1 aromatic rings. The van der Waals surface area contributed by atoms with E-state index >= 15 is 0 Å². The first-order valence-corrected chi connectivity index (χ1v) is 8.27. The molecule has 0 spiro atoms. The summed E-state index contributed by atoms with van der Waals surface area (Å²) in [5.74, 6) is 0.321. The summed E-state index contributed by atoms with van der Waals surface area (Å²) in [4.78, 5) is 13.8. The van der Waals surface area contributed by atoms with Crippen molar-refractivity contribution in [3.8, 4) is 6.07 Å². The molecule has 0 saturated carbocycles. The first-order chi connectivity index (χ1) is 10.3. The predicted molar refractivity (Wildman–Crippen MR) is 88.6 cm³/mol. The lowest BCUT2D eigenvalue weighted by molar-refractivity contribution is 0.0205. The van der Waals surface area contributed by atoms with Crippen molar-refractivity contribution in [3.05, 3.63) is 33.8 Å². The molecule has 1 aliphatic rings. The van der Waals surface area contributed by atoms with Crippen molar-refractivity contribution < 1.29 is 9.53 Å². The van der Waals surface area contributed by atoms with E-state index in [1.165, 1.54) is 0 Å². The number of carbonyl (C=O) groups excluding carboxylic acids is 1. The van der Waals surface area contributed by atoms with Gasteiger partial charge in [-0.2, -0.15) is 5.26 Å². The Morgan fingerprint density at radius 3 is 2.55 bits per heavy atom. The van der Waals surface area contributed by atoms with Gasteiger partial charge in [-0.05, 0) is 57.2 Å². The zero-order valence-electron chi connectivity index (χ0n) is 13.2. The van der Waals surface area contributed by atoms with Crippen molar-refractivity contribution in [2.45, 2.75) is 45.1 Å². The van der Waals surface area contributed by atoms with E-state index < -0.39 is 5.60 Å². The van der Waals surface area contributed by atoms with Crippen molar-refractivity contribution in [2.24, 2.45) is 0 Å². The smallest absolute Gasteiger partial charge is 0.410 e. The monoisotopic (exact) mass is 364 g/mol. The number of ether oxygens (including phenoxy) is 1. The lowest BCUT2D eigenvalue weighted by Crippen LogP contribution is -2.41. The number of benzene rings is 1. The van der Waals surface area contributed by atoms with Gasteiger partial charge >= 0.3 is 6.09 Å². The first kappa shape index (κ1) is 16.8. The van der Waals surface area contributed by atoms with E-state index in [0.29, 0.717) is 24.6 Å². The highest BCUT2D eigenvalue weighted by Crippen LogP contribution is 2.32. The van der Waals surface area contributed by atoms with Crippen LogP contribution >= 0.6 is 15.9 Å². The molecular formula is C17H21BrN2O2. The van der Waals surface area contributed by atoms with E-state index in [9.17, 15) is 10.1 Å². The summed E-state index contributed by atoms with van der Waals surface area (Å²) in [6.07, 6.45) is 1.47. The van der Waals surface area contributed by atoms with Crippen LogP contribution in [0.5, 0.6) is 0 Å². The zero-order valence-corrected chi connectivity index (χ0v) is 14.8. The van der Waals surface area contributed by atoms with Gasteiger partial charge < -0.3 is 9.64 Å². The molecule has 0 N–H and O–H groups in total. The molecule has 0 bridgehead atoms. The van der Waals surface area contributed by atoms with Gasteiger partial charge in [0.25, 0.3) is 0 Å². The highest BCUT2D eigenvalue weighted by molar-refractivity contribution is 9.10. The van der Waals surface area contributed by atoms with Gasteiger partial charge in [-0.1, -0.05) is 22.0 Å². The Bertz CT molecular complexity index is 594. The number of nitriles is 1. The molecular weight excluding hydrogens is 344 g/mol. The summed E-state index contributed by atoms with van der Waals surface area (Å²) in [6, 6.07) is 8.10. The van der Waals surface area contributed by atoms with Crippen LogP contribution in [0.3, 0.4) is 0 Å². The summed E-state index contributed by atoms with van der Waals surface area (Å²) in [5, 5.41) is 9.29. The van der Waals surface area contributed by atoms with Crippen molar-refractivity contribution >= 4 is 22.0 Å². The maximum atomic E-state index is 12.1. The Balaban J connectivity index is 2.01. The molecule has 0 aliphatic carbocycles. The SMILES string of the molecule is CC(C)(C)OC(=O)N1CCC(c2ccc(Br)cc2C#N)CC1. The van der Waals surface area contributed by atoms with Crippen molar-refractivity contribution in [2.75, 3.05) is 13.1 Å². The number of carbonyl (C=O) groups is 1. The molecule has 4 nitrogen and oxygen atoms in total. The summed E-state index contributed by atoms with van der Waals surface area (Å²) < 4.78 is 6.32. The number of hydrogen-bond acceptors (Lipinski definition) is 3. The van der Waals surface area contributed by atoms with Crippen LogP contribution < -0.4 is 0 Å². The molecule has 1 aliphatic heterocycles. The second-order valence-electron chi connectivity index (χ2n) is 6.59. The fraction of sp³-hybridized carbons (Fsp3) is 0.529. The van der Waals surface area contributed by atoms with Gasteiger partial charge in [-0.15, -0.1) is 0 Å². The van der Waals surface area contributed by atoms with Gasteiger partial charge in [0.1, 0.15) is 5.60 Å². The van der Waals surface area contributed by atoms with Crippen molar-refractivity contribution in [1.82, 2.24) is 4.90 Å². The van der Waals surface area contributed by atoms with E-state index in [0.717, 1.165) is 22.9 Å². The van der Waals surface area contributed by atoms with E-state index in [-0.39, 0.29) is 6.09 Å². The zero-order chi connectivity index (χ0) is 16.3. The molecule has 5 heteroatoms. The van der Waals surface area contributed by atoms with Crippen molar-refractivity contribution in [1.29, 1.82) is 5.26 Å². The Morgan fingerprint density at radius 1 is 1.36 bits per heavy atom. The topological polar surface area (TPSA) is 53.3 Å². The fourth-order valence-corrected chi connectivity index (χ4v) is 3.04. The Hall–Kier alpha value is -1.54. The third-order valence-electron chi connectivity index (χ3n) is 3.72. The minimum absolute atomic E-state index is 0.248. The van der Waals surface area contributed by atoms with E-state index in [1.54, 1.807) is 4.90 Å². The van der Waals surface area contributed by atoms with Crippen LogP contribution in [0.1, 0.15) is 50.7 Å². The Labute approximate surface area is 140 Å². The predicted octanol–water partition coefficient (Wildman–Crippen LogP) is 4.44. The Kier molecular flexibility index (Phi) is 5.12. The van der Waals surface area contributed by atoms with E-state index in [1.807, 2.05) is 39.0 Å². The molecule has 1 saturated heterocycles. The summed E-state index contributed by atoms with van der Waals surface area (Å²) in [6.45, 7) is 6.96. The summed E-state index contributed by atoms with van der Waals surface area (Å²) in [5.41, 5.74) is 1.33. The molecule has 0 atom stereocenters. The van der Waals surface area contributed by atoms with Crippen LogP contribution in [0.2, 0.25) is 0 Å². The second kappa shape index (κ2) is 6.70. The van der Waals surface area contributed by atoms with Gasteiger partial charge in [0.05, 0.1) is 11.6 Å². The number of piperidine rings is 1. The number of halogens is 1. The van der Waals surface area contributed by atoms with Crippen LogP contribution in [-0.2, 0) is 4.74 Å². The number of hydrogen-bond donors (Lipinski definition) is 0. The van der Waals surface area contributed by atoms with Crippen molar-refractivity contribution in [3.63, 3.8) is 0 Å². The van der Waals surface area contributed by atoms with Crippen LogP contribution in [0.4, 0.5) is 4.79 Å². The third-order valence-corrected chi connectivity index (χ3v) is 4.22. The van der Waals surface area contributed by atoms with Gasteiger partial charge in [0.2, 0.25) is 0 Å². The molecule has 118 valence electrons. The molecule has 1 amide bonds. The maximum absolute atomic E-state index is 12.1. The molecule has 22 heavy (non-hydrogen) atoms. The van der Waals surface area contributed by atoms with Gasteiger partial charge in [-0.3, -0.25) is 0 Å². The number of rotatable bonds is 1. The molecule has 1 heterocycles. The average Bonchev–Trinajstić information content (AvgIpc) is 2.45. The summed E-state index contributed by atoms with van der Waals surface area (Å²) in [7, 11) is 0. The third kappa shape index (κ3) is 4.23. The van der Waals surface area contributed by atoms with Gasteiger partial charge in [-0.25, -0.2) is 4.79 Å². The highest BCUT2D eigenvalue weighted by Gasteiger charge is 2.28. The average molecular weight is 365 g/mol. The minimum atomic E-state index is -0.465. The maximum Gasteiger partial charge on any atom is 0.410 e. The molecule has 0 unspecified atom stereocenters. The van der Waals surface area contributed by atoms with Gasteiger partial charge in [0.15, 0.2) is 0 Å². The van der Waals surface area contributed by atoms with Crippen LogP contribution in [0.15, 0.2) is 22.7 Å². The normalized spacial score (nSPS) is 16.2. The quantitative estimate of drug-likeness (QED) is 0.740. The van der Waals surface area contributed by atoms with E-state index in [2.05, 4.69) is 22.0 Å². The summed E-state index contributed by atoms with van der Waals surface area (Å²) >= 11 is 3.40. The Morgan fingerprint density at radius 2 is 2.00 bits per heavy atom. The molecule has 1 fully saturated rings. The standard InChI is InChI=1S/C17H21BrN2O2/c1-17(2,3)22-16(21)20-8-6-12(7-9-20)15-5-4-14(18)10-13(15)11-19/h4-5,10,12H,6-9H2,1-3H3. The number of amides is 1. The molecule has 2 rings (SSSR count). The second-order valence-corrected chi connectivity index (χ2v) is 7.50. The fourth-order valence-electron chi connectivity index (χ4n) is 2.68. The minimum Gasteiger partial charge on any atom is -0.444 e. The van der Waals surface area contributed by atoms with Gasteiger partial charge in [0, 0.05) is 17.6 Å². The highest BCUT2D eigenvalue weighted by atomic mass is 79.9. The lowest BCUT2D eigenvalue weighted by atomic mass is 9.87. The van der Waals surface area contributed by atoms with E-state index in [4.69, 9.17) is 4.74 Å². The lowest BCUT2D eigenvalue weighted by Gasteiger charge is -2.33. The largest absolute Gasteiger partial charge is 0.444 e. The molecule has 0 radical (unpaired) electrons. The molecule has 1 aromatic carbocycles.